The summed E-state index contributed by atoms with van der Waals surface area (Å²) in [6.07, 6.45) is 6.26. The molecule has 1 aromatic heterocycles. The predicted octanol–water partition coefficient (Wildman–Crippen LogP) is 4.26. The zero-order chi connectivity index (χ0) is 15.9. The van der Waals surface area contributed by atoms with Gasteiger partial charge in [0, 0.05) is 18.2 Å². The number of aryl methyl sites for hydroxylation is 1. The van der Waals surface area contributed by atoms with Gasteiger partial charge in [0.25, 0.3) is 0 Å². The molecule has 0 aliphatic carbocycles. The van der Waals surface area contributed by atoms with Crippen molar-refractivity contribution in [3.63, 3.8) is 0 Å². The van der Waals surface area contributed by atoms with E-state index in [4.69, 9.17) is 4.74 Å². The van der Waals surface area contributed by atoms with Crippen molar-refractivity contribution in [3.8, 4) is 5.75 Å². The number of nitrogens with zero attached hydrogens (tertiary/aromatic N) is 1. The van der Waals surface area contributed by atoms with Crippen LogP contribution in [0.15, 0.2) is 79.0 Å². The summed E-state index contributed by atoms with van der Waals surface area (Å²) in [5.41, 5.74) is 3.49. The van der Waals surface area contributed by atoms with Crippen molar-refractivity contribution < 1.29 is 9.30 Å². The lowest BCUT2D eigenvalue weighted by Gasteiger charge is -2.06. The molecule has 0 N–H and O–H groups in total. The minimum absolute atomic E-state index is 0.593. The van der Waals surface area contributed by atoms with E-state index < -0.39 is 0 Å². The Morgan fingerprint density at radius 1 is 0.826 bits per heavy atom. The van der Waals surface area contributed by atoms with Crippen molar-refractivity contribution in [2.45, 2.75) is 6.61 Å². The second kappa shape index (κ2) is 7.41. The third-order valence-electron chi connectivity index (χ3n) is 3.67. The molecular weight excluding hydrogens is 282 g/mol. The Kier molecular flexibility index (Phi) is 4.85. The van der Waals surface area contributed by atoms with Gasteiger partial charge in [-0.15, -0.1) is 0 Å². The zero-order valence-corrected chi connectivity index (χ0v) is 13.2. The Bertz CT molecular complexity index is 776. The summed E-state index contributed by atoms with van der Waals surface area (Å²) in [5, 5.41) is 0. The van der Waals surface area contributed by atoms with Crippen LogP contribution in [0.3, 0.4) is 0 Å². The second-order valence-electron chi connectivity index (χ2n) is 5.41. The molecular formula is C21H20NO+. The van der Waals surface area contributed by atoms with Crippen LogP contribution in [-0.2, 0) is 13.7 Å². The van der Waals surface area contributed by atoms with Crippen LogP contribution in [0.5, 0.6) is 5.75 Å². The molecule has 3 aromatic rings. The first-order valence-corrected chi connectivity index (χ1v) is 7.71. The first-order chi connectivity index (χ1) is 11.3. The molecule has 114 valence electrons. The van der Waals surface area contributed by atoms with Gasteiger partial charge in [0.1, 0.15) is 19.4 Å². The smallest absolute Gasteiger partial charge is 0.204 e. The second-order valence-corrected chi connectivity index (χ2v) is 5.41. The highest BCUT2D eigenvalue weighted by Gasteiger charge is 1.99. The van der Waals surface area contributed by atoms with Gasteiger partial charge in [-0.3, -0.25) is 0 Å². The molecule has 2 heteroatoms. The zero-order valence-electron chi connectivity index (χ0n) is 13.2. The van der Waals surface area contributed by atoms with Crippen LogP contribution in [-0.4, -0.2) is 0 Å². The standard InChI is InChI=1S/C21H20NO/c1-22-16-6-5-9-20(22)13-10-18-11-14-21(15-12-18)23-17-19-7-3-2-4-8-19/h2-16H,17H2,1H3/q+1. The molecule has 0 spiro atoms. The molecule has 1 heterocycles. The lowest BCUT2D eigenvalue weighted by atomic mass is 10.2. The van der Waals surface area contributed by atoms with Crippen molar-refractivity contribution in [2.75, 3.05) is 0 Å². The van der Waals surface area contributed by atoms with Gasteiger partial charge in [0.15, 0.2) is 6.20 Å². The van der Waals surface area contributed by atoms with E-state index in [1.807, 2.05) is 55.7 Å². The van der Waals surface area contributed by atoms with Gasteiger partial charge in [-0.1, -0.05) is 42.5 Å². The lowest BCUT2D eigenvalue weighted by Crippen LogP contribution is -2.30. The van der Waals surface area contributed by atoms with E-state index in [9.17, 15) is 0 Å². The van der Waals surface area contributed by atoms with E-state index in [1.165, 1.54) is 5.56 Å². The fourth-order valence-corrected chi connectivity index (χ4v) is 2.31. The highest BCUT2D eigenvalue weighted by Crippen LogP contribution is 2.15. The Hall–Kier alpha value is -2.87. The van der Waals surface area contributed by atoms with Gasteiger partial charge in [-0.25, -0.2) is 4.57 Å². The molecule has 0 aliphatic heterocycles. The fraction of sp³-hybridized carbons (Fsp3) is 0.0952. The number of aromatic nitrogens is 1. The third-order valence-corrected chi connectivity index (χ3v) is 3.67. The minimum atomic E-state index is 0.593. The van der Waals surface area contributed by atoms with Crippen molar-refractivity contribution in [1.82, 2.24) is 0 Å². The van der Waals surface area contributed by atoms with Gasteiger partial charge in [0.05, 0.1) is 0 Å². The van der Waals surface area contributed by atoms with Crippen LogP contribution < -0.4 is 9.30 Å². The summed E-state index contributed by atoms with van der Waals surface area (Å²) in [5.74, 6) is 0.885. The van der Waals surface area contributed by atoms with Crippen molar-refractivity contribution in [1.29, 1.82) is 0 Å². The summed E-state index contributed by atoms with van der Waals surface area (Å²) >= 11 is 0. The van der Waals surface area contributed by atoms with E-state index in [-0.39, 0.29) is 0 Å². The van der Waals surface area contributed by atoms with E-state index in [0.717, 1.165) is 17.0 Å². The average molecular weight is 302 g/mol. The number of rotatable bonds is 5. The quantitative estimate of drug-likeness (QED) is 0.642. The number of ether oxygens (including phenoxy) is 1. The normalized spacial score (nSPS) is 10.8. The number of hydrogen-bond acceptors (Lipinski definition) is 1. The molecule has 0 aliphatic rings. The molecule has 0 saturated carbocycles. The van der Waals surface area contributed by atoms with Crippen LogP contribution in [0, 0.1) is 0 Å². The SMILES string of the molecule is C[n+]1ccccc1C=Cc1ccc(OCc2ccccc2)cc1. The monoisotopic (exact) mass is 302 g/mol. The van der Waals surface area contributed by atoms with Gasteiger partial charge < -0.3 is 4.74 Å². The maximum Gasteiger partial charge on any atom is 0.204 e. The van der Waals surface area contributed by atoms with E-state index >= 15 is 0 Å². The molecule has 0 unspecified atom stereocenters. The van der Waals surface area contributed by atoms with Crippen molar-refractivity contribution in [3.05, 3.63) is 95.8 Å². The Morgan fingerprint density at radius 2 is 1.57 bits per heavy atom. The third kappa shape index (κ3) is 4.30. The van der Waals surface area contributed by atoms with Crippen LogP contribution in [0.1, 0.15) is 16.8 Å². The summed E-state index contributed by atoms with van der Waals surface area (Å²) in [4.78, 5) is 0. The molecule has 2 aromatic carbocycles. The van der Waals surface area contributed by atoms with Gasteiger partial charge in [-0.05, 0) is 35.4 Å². The molecule has 3 rings (SSSR count). The number of hydrogen-bond donors (Lipinski definition) is 0. The van der Waals surface area contributed by atoms with Crippen LogP contribution in [0.2, 0.25) is 0 Å². The Labute approximate surface area is 137 Å². The number of pyridine rings is 1. The molecule has 0 bridgehead atoms. The van der Waals surface area contributed by atoms with Gasteiger partial charge in [-0.2, -0.15) is 0 Å². The van der Waals surface area contributed by atoms with E-state index in [2.05, 4.69) is 47.1 Å². The predicted molar refractivity (Wildman–Crippen MR) is 93.8 cm³/mol. The summed E-state index contributed by atoms with van der Waals surface area (Å²) in [7, 11) is 2.04. The first-order valence-electron chi connectivity index (χ1n) is 7.71. The fourth-order valence-electron chi connectivity index (χ4n) is 2.31. The first kappa shape index (κ1) is 15.0. The molecule has 0 fully saturated rings. The van der Waals surface area contributed by atoms with Crippen LogP contribution >= 0.6 is 0 Å². The molecule has 0 atom stereocenters. The van der Waals surface area contributed by atoms with E-state index in [0.29, 0.717) is 6.61 Å². The summed E-state index contributed by atoms with van der Waals surface area (Å²) in [6, 6.07) is 24.5. The molecule has 2 nitrogen and oxygen atoms in total. The maximum absolute atomic E-state index is 5.80. The Morgan fingerprint density at radius 3 is 2.30 bits per heavy atom. The molecule has 23 heavy (non-hydrogen) atoms. The van der Waals surface area contributed by atoms with Gasteiger partial charge in [0.2, 0.25) is 5.69 Å². The topological polar surface area (TPSA) is 13.1 Å². The number of benzene rings is 2. The largest absolute Gasteiger partial charge is 0.489 e. The minimum Gasteiger partial charge on any atom is -0.489 e. The molecule has 0 amide bonds. The highest BCUT2D eigenvalue weighted by molar-refractivity contribution is 5.67. The van der Waals surface area contributed by atoms with Crippen LogP contribution in [0.4, 0.5) is 0 Å². The van der Waals surface area contributed by atoms with Crippen molar-refractivity contribution in [2.24, 2.45) is 7.05 Å². The lowest BCUT2D eigenvalue weighted by molar-refractivity contribution is -0.673. The van der Waals surface area contributed by atoms with Crippen LogP contribution in [0.25, 0.3) is 12.2 Å². The van der Waals surface area contributed by atoms with E-state index in [1.54, 1.807) is 0 Å². The summed E-state index contributed by atoms with van der Waals surface area (Å²) < 4.78 is 7.89. The average Bonchev–Trinajstić information content (AvgIpc) is 2.61. The Balaban J connectivity index is 1.62. The molecule has 0 radical (unpaired) electrons. The highest BCUT2D eigenvalue weighted by atomic mass is 16.5. The summed E-state index contributed by atoms with van der Waals surface area (Å²) in [6.45, 7) is 0.593. The van der Waals surface area contributed by atoms with Crippen molar-refractivity contribution >= 4 is 12.2 Å². The van der Waals surface area contributed by atoms with Gasteiger partial charge >= 0.3 is 0 Å². The molecule has 0 saturated heterocycles. The maximum atomic E-state index is 5.80.